The maximum Gasteiger partial charge on any atom is 0.175 e. The maximum atomic E-state index is 11.7. The molecule has 0 aliphatic rings. The van der Waals surface area contributed by atoms with Gasteiger partial charge in [0, 0.05) is 23.3 Å². The van der Waals surface area contributed by atoms with Gasteiger partial charge in [-0.25, -0.2) is 13.1 Å². The van der Waals surface area contributed by atoms with Crippen molar-refractivity contribution >= 4 is 27.7 Å². The predicted molar refractivity (Wildman–Crippen MR) is 107 cm³/mol. The van der Waals surface area contributed by atoms with E-state index in [1.807, 2.05) is 0 Å². The number of hydrogen-bond donors (Lipinski definition) is 1. The standard InChI is InChI=1S/C20H19ClN2O4S/c1-28(26,27)17-10-4-14(5-11-17)19-13-18(20(25)3-2-12-24)22-23(19)16-8-6-15(21)7-9-16/h4-13,20,25H,2-3H2,1H3. The molecule has 0 bridgehead atoms. The molecule has 1 unspecified atom stereocenters. The number of benzene rings is 2. The van der Waals surface area contributed by atoms with Crippen LogP contribution < -0.4 is 0 Å². The fraction of sp³-hybridized carbons (Fsp3) is 0.200. The summed E-state index contributed by atoms with van der Waals surface area (Å²) < 4.78 is 25.1. The summed E-state index contributed by atoms with van der Waals surface area (Å²) in [6.45, 7) is 0. The summed E-state index contributed by atoms with van der Waals surface area (Å²) in [6, 6.07) is 15.3. The highest BCUT2D eigenvalue weighted by Gasteiger charge is 2.18. The zero-order valence-corrected chi connectivity index (χ0v) is 16.7. The second-order valence-electron chi connectivity index (χ2n) is 6.40. The van der Waals surface area contributed by atoms with E-state index >= 15 is 0 Å². The summed E-state index contributed by atoms with van der Waals surface area (Å²) in [6.07, 6.45) is 1.53. The van der Waals surface area contributed by atoms with E-state index in [1.165, 1.54) is 12.1 Å². The Kier molecular flexibility index (Phi) is 5.98. The third-order valence-electron chi connectivity index (χ3n) is 4.28. The van der Waals surface area contributed by atoms with Crippen LogP contribution in [0.1, 0.15) is 24.6 Å². The topological polar surface area (TPSA) is 89.3 Å². The Hall–Kier alpha value is -2.48. The Balaban J connectivity index is 2.08. The van der Waals surface area contributed by atoms with Crippen LogP contribution in [0.4, 0.5) is 0 Å². The molecular weight excluding hydrogens is 400 g/mol. The van der Waals surface area contributed by atoms with Crippen LogP contribution in [0.3, 0.4) is 0 Å². The van der Waals surface area contributed by atoms with Gasteiger partial charge in [0.25, 0.3) is 0 Å². The van der Waals surface area contributed by atoms with Gasteiger partial charge in [0.15, 0.2) is 9.84 Å². The molecule has 0 fully saturated rings. The van der Waals surface area contributed by atoms with E-state index < -0.39 is 15.9 Å². The van der Waals surface area contributed by atoms with Gasteiger partial charge in [-0.15, -0.1) is 0 Å². The van der Waals surface area contributed by atoms with Crippen molar-refractivity contribution in [2.75, 3.05) is 6.26 Å². The number of carbonyl (C=O) groups is 1. The lowest BCUT2D eigenvalue weighted by atomic mass is 10.1. The van der Waals surface area contributed by atoms with E-state index in [0.29, 0.717) is 16.4 Å². The van der Waals surface area contributed by atoms with Gasteiger partial charge in [0.1, 0.15) is 6.29 Å². The van der Waals surface area contributed by atoms with E-state index in [4.69, 9.17) is 11.6 Å². The normalized spacial score (nSPS) is 12.7. The third-order valence-corrected chi connectivity index (χ3v) is 5.66. The van der Waals surface area contributed by atoms with Crippen molar-refractivity contribution in [2.24, 2.45) is 0 Å². The highest BCUT2D eigenvalue weighted by Crippen LogP contribution is 2.29. The Morgan fingerprint density at radius 2 is 1.79 bits per heavy atom. The number of aliphatic hydroxyl groups is 1. The van der Waals surface area contributed by atoms with Crippen LogP contribution in [0.15, 0.2) is 59.5 Å². The summed E-state index contributed by atoms with van der Waals surface area (Å²) in [4.78, 5) is 10.8. The van der Waals surface area contributed by atoms with Crippen LogP contribution in [0.2, 0.25) is 5.02 Å². The molecule has 0 amide bonds. The molecule has 0 aliphatic heterocycles. The zero-order chi connectivity index (χ0) is 20.3. The summed E-state index contributed by atoms with van der Waals surface area (Å²) in [5.74, 6) is 0. The fourth-order valence-electron chi connectivity index (χ4n) is 2.79. The number of aldehydes is 1. The van der Waals surface area contributed by atoms with Gasteiger partial charge < -0.3 is 9.90 Å². The molecule has 0 aliphatic carbocycles. The highest BCUT2D eigenvalue weighted by molar-refractivity contribution is 7.90. The van der Waals surface area contributed by atoms with Crippen LogP contribution in [0, 0.1) is 0 Å². The van der Waals surface area contributed by atoms with Gasteiger partial charge >= 0.3 is 0 Å². The van der Waals surface area contributed by atoms with Gasteiger partial charge in [0.2, 0.25) is 0 Å². The quantitative estimate of drug-likeness (QED) is 0.592. The number of nitrogens with zero attached hydrogens (tertiary/aromatic N) is 2. The van der Waals surface area contributed by atoms with Crippen molar-refractivity contribution < 1.29 is 18.3 Å². The number of sulfone groups is 1. The molecule has 1 N–H and O–H groups in total. The number of aliphatic hydroxyl groups excluding tert-OH is 1. The molecule has 3 aromatic rings. The number of aromatic nitrogens is 2. The first kappa shape index (κ1) is 20.3. The van der Waals surface area contributed by atoms with Gasteiger partial charge in [-0.3, -0.25) is 0 Å². The minimum Gasteiger partial charge on any atom is -0.387 e. The fourth-order valence-corrected chi connectivity index (χ4v) is 3.55. The first-order chi connectivity index (χ1) is 13.3. The average Bonchev–Trinajstić information content (AvgIpc) is 3.11. The van der Waals surface area contributed by atoms with Crippen LogP contribution in [0.25, 0.3) is 16.9 Å². The molecular formula is C20H19ClN2O4S. The van der Waals surface area contributed by atoms with E-state index in [1.54, 1.807) is 47.1 Å². The Morgan fingerprint density at radius 3 is 2.36 bits per heavy atom. The molecule has 0 radical (unpaired) electrons. The zero-order valence-electron chi connectivity index (χ0n) is 15.1. The van der Waals surface area contributed by atoms with E-state index in [0.717, 1.165) is 23.8 Å². The average molecular weight is 419 g/mol. The molecule has 8 heteroatoms. The van der Waals surface area contributed by atoms with Crippen LogP contribution in [-0.4, -0.2) is 35.8 Å². The molecule has 28 heavy (non-hydrogen) atoms. The van der Waals surface area contributed by atoms with Crippen molar-refractivity contribution in [3.8, 4) is 16.9 Å². The number of hydrogen-bond acceptors (Lipinski definition) is 5. The summed E-state index contributed by atoms with van der Waals surface area (Å²) >= 11 is 5.97. The van der Waals surface area contributed by atoms with Crippen molar-refractivity contribution in [2.45, 2.75) is 23.8 Å². The first-order valence-corrected chi connectivity index (χ1v) is 10.8. The third kappa shape index (κ3) is 4.49. The minimum absolute atomic E-state index is 0.222. The van der Waals surface area contributed by atoms with Crippen LogP contribution >= 0.6 is 11.6 Å². The Morgan fingerprint density at radius 1 is 1.14 bits per heavy atom. The lowest BCUT2D eigenvalue weighted by Gasteiger charge is -2.08. The molecule has 0 saturated carbocycles. The van der Waals surface area contributed by atoms with Crippen molar-refractivity contribution in [1.82, 2.24) is 9.78 Å². The van der Waals surface area contributed by atoms with Gasteiger partial charge in [-0.2, -0.15) is 5.10 Å². The smallest absolute Gasteiger partial charge is 0.175 e. The minimum atomic E-state index is -3.30. The number of carbonyl (C=O) groups excluding carboxylic acids is 1. The SMILES string of the molecule is CS(=O)(=O)c1ccc(-c2cc(C(O)CCC=O)nn2-c2ccc(Cl)cc2)cc1. The number of rotatable bonds is 7. The summed E-state index contributed by atoms with van der Waals surface area (Å²) in [5.41, 5.74) is 2.59. The Labute approximate surface area is 168 Å². The molecule has 1 atom stereocenters. The summed E-state index contributed by atoms with van der Waals surface area (Å²) in [7, 11) is -3.30. The molecule has 2 aromatic carbocycles. The predicted octanol–water partition coefficient (Wildman–Crippen LogP) is 3.61. The van der Waals surface area contributed by atoms with E-state index in [9.17, 15) is 18.3 Å². The van der Waals surface area contributed by atoms with E-state index in [-0.39, 0.29) is 17.7 Å². The second-order valence-corrected chi connectivity index (χ2v) is 8.85. The molecule has 146 valence electrons. The molecule has 1 aromatic heterocycles. The summed E-state index contributed by atoms with van der Waals surface area (Å²) in [5, 5.41) is 15.4. The van der Waals surface area contributed by atoms with Crippen LogP contribution in [-0.2, 0) is 14.6 Å². The maximum absolute atomic E-state index is 11.7. The van der Waals surface area contributed by atoms with Gasteiger partial charge in [0.05, 0.1) is 28.1 Å². The molecule has 3 rings (SSSR count). The highest BCUT2D eigenvalue weighted by atomic mass is 35.5. The monoisotopic (exact) mass is 418 g/mol. The second kappa shape index (κ2) is 8.26. The van der Waals surface area contributed by atoms with E-state index in [2.05, 4.69) is 5.10 Å². The molecule has 0 saturated heterocycles. The van der Waals surface area contributed by atoms with Crippen molar-refractivity contribution in [1.29, 1.82) is 0 Å². The lowest BCUT2D eigenvalue weighted by molar-refractivity contribution is -0.108. The molecule has 6 nitrogen and oxygen atoms in total. The first-order valence-electron chi connectivity index (χ1n) is 8.57. The number of halogens is 1. The van der Waals surface area contributed by atoms with Crippen molar-refractivity contribution in [3.63, 3.8) is 0 Å². The van der Waals surface area contributed by atoms with Crippen molar-refractivity contribution in [3.05, 3.63) is 65.3 Å². The lowest BCUT2D eigenvalue weighted by Crippen LogP contribution is -2.03. The molecule has 1 heterocycles. The molecule has 0 spiro atoms. The van der Waals surface area contributed by atoms with Gasteiger partial charge in [-0.1, -0.05) is 23.7 Å². The van der Waals surface area contributed by atoms with Crippen LogP contribution in [0.5, 0.6) is 0 Å². The largest absolute Gasteiger partial charge is 0.387 e. The Bertz CT molecular complexity index is 1070. The van der Waals surface area contributed by atoms with Gasteiger partial charge in [-0.05, 0) is 48.9 Å².